The van der Waals surface area contributed by atoms with E-state index in [9.17, 15) is 9.59 Å². The van der Waals surface area contributed by atoms with Crippen LogP contribution in [0.4, 0.5) is 0 Å². The second-order valence-electron chi connectivity index (χ2n) is 6.53. The molecule has 0 bridgehead atoms. The molecule has 0 saturated carbocycles. The summed E-state index contributed by atoms with van der Waals surface area (Å²) >= 11 is 0. The van der Waals surface area contributed by atoms with Crippen LogP contribution in [0.2, 0.25) is 0 Å². The number of methoxy groups -OCH3 is 1. The number of aromatic nitrogens is 2. The van der Waals surface area contributed by atoms with E-state index < -0.39 is 0 Å². The molecule has 0 radical (unpaired) electrons. The fraction of sp³-hybridized carbons (Fsp3) is 0.688. The van der Waals surface area contributed by atoms with Crippen molar-refractivity contribution in [1.29, 1.82) is 0 Å². The number of fused-ring (bicyclic) bond motifs is 1. The average molecular weight is 336 g/mol. The number of hydrogen-bond acceptors (Lipinski definition) is 5. The van der Waals surface area contributed by atoms with Crippen LogP contribution in [-0.2, 0) is 27.2 Å². The van der Waals surface area contributed by atoms with E-state index in [-0.39, 0.29) is 29.9 Å². The van der Waals surface area contributed by atoms with Gasteiger partial charge in [0, 0.05) is 32.2 Å². The van der Waals surface area contributed by atoms with Gasteiger partial charge in [0.1, 0.15) is 5.69 Å². The number of carbonyl (C=O) groups is 2. The largest absolute Gasteiger partial charge is 0.383 e. The third-order valence-corrected chi connectivity index (χ3v) is 4.68. The van der Waals surface area contributed by atoms with E-state index in [4.69, 9.17) is 15.2 Å². The fourth-order valence-electron chi connectivity index (χ4n) is 3.35. The Morgan fingerprint density at radius 3 is 2.71 bits per heavy atom. The number of nitrogens with two attached hydrogens (primary N) is 1. The summed E-state index contributed by atoms with van der Waals surface area (Å²) in [5.41, 5.74) is 7.65. The number of primary amides is 1. The van der Waals surface area contributed by atoms with Gasteiger partial charge >= 0.3 is 0 Å². The van der Waals surface area contributed by atoms with Gasteiger partial charge in [0.25, 0.3) is 5.91 Å². The topological polar surface area (TPSA) is 99.7 Å². The van der Waals surface area contributed by atoms with Crippen molar-refractivity contribution in [3.05, 3.63) is 17.0 Å². The maximum Gasteiger partial charge on any atom is 0.272 e. The van der Waals surface area contributed by atoms with Crippen LogP contribution in [0.25, 0.3) is 0 Å². The molecule has 3 rings (SSSR count). The Balaban J connectivity index is 1.90. The van der Waals surface area contributed by atoms with Gasteiger partial charge in [0.05, 0.1) is 37.0 Å². The van der Waals surface area contributed by atoms with Crippen molar-refractivity contribution < 1.29 is 19.1 Å². The molecule has 0 aliphatic carbocycles. The molecular weight excluding hydrogens is 312 g/mol. The lowest BCUT2D eigenvalue weighted by Gasteiger charge is -2.37. The Morgan fingerprint density at radius 1 is 1.38 bits per heavy atom. The van der Waals surface area contributed by atoms with Crippen LogP contribution in [0.5, 0.6) is 0 Å². The van der Waals surface area contributed by atoms with Crippen LogP contribution in [0, 0.1) is 5.92 Å². The summed E-state index contributed by atoms with van der Waals surface area (Å²) in [6.07, 6.45) is 0.545. The number of likely N-dealkylation sites (tertiary alicyclic amines) is 1. The first-order valence-electron chi connectivity index (χ1n) is 8.25. The van der Waals surface area contributed by atoms with Crippen LogP contribution in [0.15, 0.2) is 0 Å². The molecule has 0 aromatic carbocycles. The minimum absolute atomic E-state index is 0.0360. The van der Waals surface area contributed by atoms with Crippen molar-refractivity contribution in [2.24, 2.45) is 11.7 Å². The molecule has 1 aromatic rings. The normalized spacial score (nSPS) is 23.7. The lowest BCUT2D eigenvalue weighted by atomic mass is 9.96. The average Bonchev–Trinajstić information content (AvgIpc) is 2.81. The molecule has 2 aliphatic heterocycles. The molecule has 2 atom stereocenters. The zero-order valence-electron chi connectivity index (χ0n) is 14.3. The predicted octanol–water partition coefficient (Wildman–Crippen LogP) is 0.109. The Labute approximate surface area is 140 Å². The molecule has 0 spiro atoms. The van der Waals surface area contributed by atoms with E-state index in [1.807, 2.05) is 13.8 Å². The van der Waals surface area contributed by atoms with E-state index >= 15 is 0 Å². The second-order valence-corrected chi connectivity index (χ2v) is 6.53. The molecule has 2 amide bonds. The highest BCUT2D eigenvalue weighted by atomic mass is 16.5. The number of amides is 2. The number of hydrogen-bond donors (Lipinski definition) is 1. The summed E-state index contributed by atoms with van der Waals surface area (Å²) in [7, 11) is 1.62. The summed E-state index contributed by atoms with van der Waals surface area (Å²) in [5, 5.41) is 4.59. The van der Waals surface area contributed by atoms with E-state index in [0.717, 1.165) is 11.3 Å². The summed E-state index contributed by atoms with van der Waals surface area (Å²) in [4.78, 5) is 25.8. The maximum absolute atomic E-state index is 13.0. The molecular formula is C16H24N4O4. The molecule has 2 aliphatic rings. The van der Waals surface area contributed by atoms with E-state index in [2.05, 4.69) is 5.10 Å². The molecule has 132 valence electrons. The van der Waals surface area contributed by atoms with Crippen LogP contribution in [-0.4, -0.2) is 59.4 Å². The van der Waals surface area contributed by atoms with Crippen molar-refractivity contribution in [3.8, 4) is 0 Å². The second kappa shape index (κ2) is 6.52. The Hall–Kier alpha value is -1.93. The third kappa shape index (κ3) is 2.91. The Kier molecular flexibility index (Phi) is 4.60. The molecule has 24 heavy (non-hydrogen) atoms. The monoisotopic (exact) mass is 336 g/mol. The first kappa shape index (κ1) is 16.9. The van der Waals surface area contributed by atoms with Gasteiger partial charge in [0.2, 0.25) is 5.91 Å². The summed E-state index contributed by atoms with van der Waals surface area (Å²) in [5.74, 6) is -0.704. The number of nitrogens with zero attached hydrogens (tertiary/aromatic N) is 3. The third-order valence-electron chi connectivity index (χ3n) is 4.68. The Morgan fingerprint density at radius 2 is 2.08 bits per heavy atom. The van der Waals surface area contributed by atoms with E-state index in [1.165, 1.54) is 0 Å². The molecule has 1 saturated heterocycles. The molecule has 0 unspecified atom stereocenters. The van der Waals surface area contributed by atoms with Gasteiger partial charge < -0.3 is 20.1 Å². The zero-order valence-corrected chi connectivity index (χ0v) is 14.3. The molecule has 8 nitrogen and oxygen atoms in total. The molecule has 8 heteroatoms. The fourth-order valence-corrected chi connectivity index (χ4v) is 3.35. The van der Waals surface area contributed by atoms with Crippen molar-refractivity contribution >= 4 is 11.8 Å². The van der Waals surface area contributed by atoms with E-state index in [1.54, 1.807) is 16.7 Å². The first-order chi connectivity index (χ1) is 11.4. The van der Waals surface area contributed by atoms with Crippen LogP contribution in [0.3, 0.4) is 0 Å². The molecule has 2 N–H and O–H groups in total. The van der Waals surface area contributed by atoms with E-state index in [0.29, 0.717) is 38.4 Å². The SMILES string of the molecule is COCCn1nc2c(c1C(=O)N1CC(C(N)=O)C1)C[C@H](C)O[C@@H]2C. The number of carbonyl (C=O) groups excluding carboxylic acids is 2. The van der Waals surface area contributed by atoms with Gasteiger partial charge in [-0.25, -0.2) is 0 Å². The minimum Gasteiger partial charge on any atom is -0.383 e. The highest BCUT2D eigenvalue weighted by Gasteiger charge is 2.39. The smallest absolute Gasteiger partial charge is 0.272 e. The number of ether oxygens (including phenoxy) is 2. The summed E-state index contributed by atoms with van der Waals surface area (Å²) in [6, 6.07) is 0. The van der Waals surface area contributed by atoms with Gasteiger partial charge in [-0.3, -0.25) is 14.3 Å². The van der Waals surface area contributed by atoms with Crippen LogP contribution < -0.4 is 5.73 Å². The molecule has 1 fully saturated rings. The van der Waals surface area contributed by atoms with Crippen molar-refractivity contribution in [1.82, 2.24) is 14.7 Å². The minimum atomic E-state index is -0.357. The molecule has 1 aromatic heterocycles. The van der Waals surface area contributed by atoms with Gasteiger partial charge in [-0.15, -0.1) is 0 Å². The van der Waals surface area contributed by atoms with Crippen molar-refractivity contribution in [2.75, 3.05) is 26.8 Å². The standard InChI is InChI=1S/C16H24N4O4/c1-9-6-12-13(10(2)24-9)18-20(4-5-23-3)14(12)16(22)19-7-11(8-19)15(17)21/h9-11H,4-8H2,1-3H3,(H2,17,21)/t9-,10+/m0/s1. The number of rotatable bonds is 5. The van der Waals surface area contributed by atoms with Crippen LogP contribution >= 0.6 is 0 Å². The highest BCUT2D eigenvalue weighted by molar-refractivity contribution is 5.96. The lowest BCUT2D eigenvalue weighted by molar-refractivity contribution is -0.125. The highest BCUT2D eigenvalue weighted by Crippen LogP contribution is 2.33. The maximum atomic E-state index is 13.0. The van der Waals surface area contributed by atoms with Gasteiger partial charge in [-0.05, 0) is 13.8 Å². The van der Waals surface area contributed by atoms with Gasteiger partial charge in [-0.1, -0.05) is 0 Å². The van der Waals surface area contributed by atoms with Gasteiger partial charge in [-0.2, -0.15) is 5.10 Å². The molecule has 3 heterocycles. The predicted molar refractivity (Wildman–Crippen MR) is 85.4 cm³/mol. The van der Waals surface area contributed by atoms with Crippen LogP contribution in [0.1, 0.15) is 41.7 Å². The van der Waals surface area contributed by atoms with Gasteiger partial charge in [0.15, 0.2) is 0 Å². The summed E-state index contributed by atoms with van der Waals surface area (Å²) < 4.78 is 12.7. The Bertz CT molecular complexity index is 651. The first-order valence-corrected chi connectivity index (χ1v) is 8.25. The lowest BCUT2D eigenvalue weighted by Crippen LogP contribution is -2.55. The van der Waals surface area contributed by atoms with Crippen molar-refractivity contribution in [3.63, 3.8) is 0 Å². The quantitative estimate of drug-likeness (QED) is 0.822. The summed E-state index contributed by atoms with van der Waals surface area (Å²) in [6.45, 7) is 5.66. The van der Waals surface area contributed by atoms with Crippen molar-refractivity contribution in [2.45, 2.75) is 39.0 Å². The zero-order chi connectivity index (χ0) is 17.4.